The maximum atomic E-state index is 12.2. The van der Waals surface area contributed by atoms with Gasteiger partial charge in [-0.05, 0) is 31.4 Å². The van der Waals surface area contributed by atoms with E-state index in [1.54, 1.807) is 38.4 Å². The number of nitrogens with one attached hydrogen (secondary N) is 2. The minimum Gasteiger partial charge on any atom is -0.385 e. The van der Waals surface area contributed by atoms with Gasteiger partial charge in [0.1, 0.15) is 0 Å². The third kappa shape index (κ3) is 5.94. The van der Waals surface area contributed by atoms with Crippen LogP contribution in [0.25, 0.3) is 0 Å². The van der Waals surface area contributed by atoms with Crippen molar-refractivity contribution in [2.45, 2.75) is 19.3 Å². The van der Waals surface area contributed by atoms with Crippen molar-refractivity contribution in [1.29, 1.82) is 0 Å². The lowest BCUT2D eigenvalue weighted by Crippen LogP contribution is -2.38. The number of fused-ring (bicyclic) bond motifs is 1. The first kappa shape index (κ1) is 22.4. The summed E-state index contributed by atoms with van der Waals surface area (Å²) in [5, 5.41) is 6.42. The van der Waals surface area contributed by atoms with E-state index in [0.717, 1.165) is 38.3 Å². The molecule has 1 aliphatic heterocycles. The number of methoxy groups -OCH3 is 1. The lowest BCUT2D eigenvalue weighted by Gasteiger charge is -2.14. The van der Waals surface area contributed by atoms with Crippen LogP contribution in [0.15, 0.2) is 29.3 Å². The van der Waals surface area contributed by atoms with Gasteiger partial charge in [-0.3, -0.25) is 19.5 Å². The predicted molar refractivity (Wildman–Crippen MR) is 112 cm³/mol. The average molecular weight is 474 g/mol. The highest BCUT2D eigenvalue weighted by atomic mass is 127. The molecule has 2 N–H and O–H groups in total. The third-order valence-corrected chi connectivity index (χ3v) is 4.02. The van der Waals surface area contributed by atoms with E-state index in [4.69, 9.17) is 4.74 Å². The normalized spacial score (nSPS) is 13.5. The molecule has 1 aromatic carbocycles. The Morgan fingerprint density at radius 2 is 1.62 bits per heavy atom. The second kappa shape index (κ2) is 11.8. The van der Waals surface area contributed by atoms with Gasteiger partial charge >= 0.3 is 0 Å². The molecule has 2 rings (SSSR count). The van der Waals surface area contributed by atoms with Crippen LogP contribution in [0.3, 0.4) is 0 Å². The zero-order valence-corrected chi connectivity index (χ0v) is 17.6. The minimum absolute atomic E-state index is 0. The molecule has 0 fully saturated rings. The van der Waals surface area contributed by atoms with Gasteiger partial charge in [-0.2, -0.15) is 0 Å². The van der Waals surface area contributed by atoms with E-state index in [-0.39, 0.29) is 35.8 Å². The lowest BCUT2D eigenvalue weighted by atomic mass is 10.1. The fourth-order valence-corrected chi connectivity index (χ4v) is 2.69. The summed E-state index contributed by atoms with van der Waals surface area (Å²) in [4.78, 5) is 30.0. The van der Waals surface area contributed by atoms with Crippen LogP contribution in [-0.2, 0) is 4.74 Å². The van der Waals surface area contributed by atoms with Crippen molar-refractivity contribution < 1.29 is 14.3 Å². The number of unbranched alkanes of at least 4 members (excludes halogenated alkanes) is 1. The molecular formula is C18H27IN4O3. The zero-order valence-electron chi connectivity index (χ0n) is 15.3. The fourth-order valence-electron chi connectivity index (χ4n) is 2.69. The van der Waals surface area contributed by atoms with E-state index >= 15 is 0 Å². The highest BCUT2D eigenvalue weighted by Crippen LogP contribution is 2.22. The number of amides is 2. The topological polar surface area (TPSA) is 83.0 Å². The number of halogens is 1. The van der Waals surface area contributed by atoms with Gasteiger partial charge in [0.05, 0.1) is 11.1 Å². The summed E-state index contributed by atoms with van der Waals surface area (Å²) < 4.78 is 5.00. The molecule has 0 aromatic heterocycles. The van der Waals surface area contributed by atoms with Gasteiger partial charge in [-0.25, -0.2) is 0 Å². The van der Waals surface area contributed by atoms with E-state index in [2.05, 4.69) is 15.6 Å². The molecule has 0 spiro atoms. The lowest BCUT2D eigenvalue weighted by molar-refractivity contribution is 0.0652. The number of guanidine groups is 1. The Balaban J connectivity index is 0.00000338. The largest absolute Gasteiger partial charge is 0.385 e. The third-order valence-electron chi connectivity index (χ3n) is 4.02. The second-order valence-corrected chi connectivity index (χ2v) is 5.79. The number of nitrogens with zero attached hydrogens (tertiary/aromatic N) is 2. The number of hydrogen-bond donors (Lipinski definition) is 2. The highest BCUT2D eigenvalue weighted by molar-refractivity contribution is 14.0. The first-order valence-electron chi connectivity index (χ1n) is 8.57. The van der Waals surface area contributed by atoms with Crippen LogP contribution in [0.5, 0.6) is 0 Å². The van der Waals surface area contributed by atoms with Crippen molar-refractivity contribution in [3.63, 3.8) is 0 Å². The smallest absolute Gasteiger partial charge is 0.261 e. The molecule has 0 atom stereocenters. The Labute approximate surface area is 171 Å². The molecule has 0 saturated heterocycles. The number of carbonyl (C=O) groups is 2. The molecule has 144 valence electrons. The summed E-state index contributed by atoms with van der Waals surface area (Å²) in [5.41, 5.74) is 1.01. The molecule has 8 heteroatoms. The first-order valence-corrected chi connectivity index (χ1v) is 8.57. The first-order chi connectivity index (χ1) is 12.2. The van der Waals surface area contributed by atoms with Gasteiger partial charge in [-0.15, -0.1) is 24.0 Å². The number of imide groups is 1. The number of ether oxygens (including phenoxy) is 1. The molecule has 26 heavy (non-hydrogen) atoms. The van der Waals surface area contributed by atoms with Gasteiger partial charge in [0.25, 0.3) is 11.8 Å². The molecule has 0 saturated carbocycles. The van der Waals surface area contributed by atoms with Crippen molar-refractivity contribution in [3.8, 4) is 0 Å². The van der Waals surface area contributed by atoms with Gasteiger partial charge < -0.3 is 15.4 Å². The number of aliphatic imine (C=N–C) groups is 1. The Hall–Kier alpha value is -1.68. The van der Waals surface area contributed by atoms with Crippen LogP contribution < -0.4 is 10.6 Å². The maximum absolute atomic E-state index is 12.2. The van der Waals surface area contributed by atoms with Crippen molar-refractivity contribution in [2.75, 3.05) is 40.4 Å². The van der Waals surface area contributed by atoms with Gasteiger partial charge in [-0.1, -0.05) is 12.1 Å². The van der Waals surface area contributed by atoms with Gasteiger partial charge in [0.15, 0.2) is 5.96 Å². The van der Waals surface area contributed by atoms with Crippen LogP contribution in [0.2, 0.25) is 0 Å². The monoisotopic (exact) mass is 474 g/mol. The van der Waals surface area contributed by atoms with E-state index in [0.29, 0.717) is 24.3 Å². The van der Waals surface area contributed by atoms with Crippen LogP contribution in [0.1, 0.15) is 40.0 Å². The van der Waals surface area contributed by atoms with Crippen LogP contribution in [0.4, 0.5) is 0 Å². The van der Waals surface area contributed by atoms with Crippen LogP contribution in [0, 0.1) is 0 Å². The molecule has 0 aliphatic carbocycles. The summed E-state index contributed by atoms with van der Waals surface area (Å²) >= 11 is 0. The summed E-state index contributed by atoms with van der Waals surface area (Å²) in [6.07, 6.45) is 2.50. The minimum atomic E-state index is -0.191. The standard InChI is InChI=1S/C18H26N4O3.HI/c1-19-18(21-11-7-13-25-2)20-10-5-6-12-22-16(23)14-8-3-4-9-15(14)17(22)24;/h3-4,8-9H,5-7,10-13H2,1-2H3,(H2,19,20,21);1H. The van der Waals surface area contributed by atoms with Gasteiger partial charge in [0, 0.05) is 40.4 Å². The van der Waals surface area contributed by atoms with Gasteiger partial charge in [0.2, 0.25) is 0 Å². The molecule has 0 radical (unpaired) electrons. The highest BCUT2D eigenvalue weighted by Gasteiger charge is 2.34. The molecule has 7 nitrogen and oxygen atoms in total. The summed E-state index contributed by atoms with van der Waals surface area (Å²) in [7, 11) is 3.41. The Morgan fingerprint density at radius 3 is 2.15 bits per heavy atom. The number of carbonyl (C=O) groups excluding carboxylic acids is 2. The van der Waals surface area contributed by atoms with E-state index in [1.165, 1.54) is 4.90 Å². The zero-order chi connectivity index (χ0) is 18.1. The van der Waals surface area contributed by atoms with Crippen molar-refractivity contribution in [2.24, 2.45) is 4.99 Å². The summed E-state index contributed by atoms with van der Waals surface area (Å²) in [5.74, 6) is 0.366. The number of benzene rings is 1. The Bertz CT molecular complexity index is 602. The SMILES string of the molecule is CN=C(NCCCCN1C(=O)c2ccccc2C1=O)NCCCOC.I. The summed E-state index contributed by atoms with van der Waals surface area (Å²) in [6, 6.07) is 6.97. The Morgan fingerprint density at radius 1 is 1.04 bits per heavy atom. The predicted octanol–water partition coefficient (Wildman–Crippen LogP) is 1.88. The van der Waals surface area contributed by atoms with Crippen molar-refractivity contribution in [1.82, 2.24) is 15.5 Å². The van der Waals surface area contributed by atoms with Crippen LogP contribution >= 0.6 is 24.0 Å². The van der Waals surface area contributed by atoms with E-state index in [9.17, 15) is 9.59 Å². The van der Waals surface area contributed by atoms with Crippen molar-refractivity contribution in [3.05, 3.63) is 35.4 Å². The quantitative estimate of drug-likeness (QED) is 0.188. The molecule has 0 unspecified atom stereocenters. The van der Waals surface area contributed by atoms with Crippen molar-refractivity contribution >= 4 is 41.8 Å². The van der Waals surface area contributed by atoms with E-state index in [1.807, 2.05) is 0 Å². The van der Waals surface area contributed by atoms with E-state index < -0.39 is 0 Å². The molecule has 2 amide bonds. The number of hydrogen-bond acceptors (Lipinski definition) is 4. The molecule has 1 aliphatic rings. The van der Waals surface area contributed by atoms with Crippen LogP contribution in [-0.4, -0.2) is 63.1 Å². The molecule has 1 heterocycles. The number of rotatable bonds is 9. The Kier molecular flexibility index (Phi) is 10.2. The fraction of sp³-hybridized carbons (Fsp3) is 0.500. The summed E-state index contributed by atoms with van der Waals surface area (Å²) in [6.45, 7) is 2.67. The molecular weight excluding hydrogens is 447 g/mol. The average Bonchev–Trinajstić information content (AvgIpc) is 2.88. The maximum Gasteiger partial charge on any atom is 0.261 e. The molecule has 0 bridgehead atoms. The molecule has 1 aromatic rings. The second-order valence-electron chi connectivity index (χ2n) is 5.79.